The van der Waals surface area contributed by atoms with Crippen molar-refractivity contribution in [3.05, 3.63) is 0 Å². The molecule has 0 aromatic heterocycles. The lowest BCUT2D eigenvalue weighted by atomic mass is 10.7. The summed E-state index contributed by atoms with van der Waals surface area (Å²) in [5.74, 6) is 0. The zero-order valence-electron chi connectivity index (χ0n) is 9.20. The normalized spacial score (nSPS) is 12.5. The summed E-state index contributed by atoms with van der Waals surface area (Å²) in [7, 11) is 12.4. The number of nitrogens with zero attached hydrogens (tertiary/aromatic N) is 4. The van der Waals surface area contributed by atoms with Crippen LogP contribution in [0.1, 0.15) is 0 Å². The lowest BCUT2D eigenvalue weighted by molar-refractivity contribution is -0.0441. The molecule has 0 saturated heterocycles. The number of hydrogen-bond donors (Lipinski definition) is 0. The molecule has 0 aliphatic rings. The molecule has 0 spiro atoms. The maximum absolute atomic E-state index is 2.25. The van der Waals surface area contributed by atoms with E-state index < -0.39 is 0 Å². The first-order valence-electron chi connectivity index (χ1n) is 4.15. The summed E-state index contributed by atoms with van der Waals surface area (Å²) >= 11 is 0. The zero-order chi connectivity index (χ0) is 9.72. The van der Waals surface area contributed by atoms with E-state index in [1.165, 1.54) is 0 Å². The SMILES string of the molecule is CN(C)CN(CN(C)C)N(C)C. The molecule has 0 heterocycles. The molecule has 0 atom stereocenters. The van der Waals surface area contributed by atoms with Crippen LogP contribution in [0, 0.1) is 0 Å². The van der Waals surface area contributed by atoms with E-state index in [2.05, 4.69) is 62.1 Å². The predicted octanol–water partition coefficient (Wildman–Crippen LogP) is -0.197. The van der Waals surface area contributed by atoms with Crippen LogP contribution in [0.3, 0.4) is 0 Å². The van der Waals surface area contributed by atoms with Crippen LogP contribution in [0.5, 0.6) is 0 Å². The number of rotatable bonds is 5. The molecule has 0 aliphatic heterocycles. The van der Waals surface area contributed by atoms with E-state index in [4.69, 9.17) is 0 Å². The Hall–Kier alpha value is -0.160. The Morgan fingerprint density at radius 2 is 1.00 bits per heavy atom. The second kappa shape index (κ2) is 5.48. The summed E-state index contributed by atoms with van der Waals surface area (Å²) in [6, 6.07) is 0. The Morgan fingerprint density at radius 1 is 0.667 bits per heavy atom. The van der Waals surface area contributed by atoms with E-state index in [0.717, 1.165) is 13.3 Å². The highest BCUT2D eigenvalue weighted by atomic mass is 15.7. The molecule has 74 valence electrons. The minimum Gasteiger partial charge on any atom is -0.296 e. The van der Waals surface area contributed by atoms with Gasteiger partial charge in [0.2, 0.25) is 0 Å². The van der Waals surface area contributed by atoms with Gasteiger partial charge in [0.05, 0.1) is 13.3 Å². The Balaban J connectivity index is 3.87. The lowest BCUT2D eigenvalue weighted by Gasteiger charge is -2.33. The van der Waals surface area contributed by atoms with Gasteiger partial charge >= 0.3 is 0 Å². The molecule has 0 unspecified atom stereocenters. The molecule has 0 radical (unpaired) electrons. The van der Waals surface area contributed by atoms with E-state index in [9.17, 15) is 0 Å². The van der Waals surface area contributed by atoms with E-state index in [1.807, 2.05) is 0 Å². The molecule has 0 bridgehead atoms. The lowest BCUT2D eigenvalue weighted by Crippen LogP contribution is -2.47. The zero-order valence-corrected chi connectivity index (χ0v) is 9.20. The van der Waals surface area contributed by atoms with Crippen LogP contribution in [0.2, 0.25) is 0 Å². The molecule has 0 fully saturated rings. The van der Waals surface area contributed by atoms with Gasteiger partial charge in [0.15, 0.2) is 0 Å². The highest BCUT2D eigenvalue weighted by molar-refractivity contribution is 4.47. The molecule has 0 saturated carbocycles. The summed E-state index contributed by atoms with van der Waals surface area (Å²) in [5.41, 5.74) is 0. The predicted molar refractivity (Wildman–Crippen MR) is 52.6 cm³/mol. The monoisotopic (exact) mass is 174 g/mol. The van der Waals surface area contributed by atoms with Crippen molar-refractivity contribution in [3.8, 4) is 0 Å². The van der Waals surface area contributed by atoms with Crippen LogP contribution in [0.25, 0.3) is 0 Å². The minimum atomic E-state index is 0.950. The van der Waals surface area contributed by atoms with Crippen LogP contribution in [0.15, 0.2) is 0 Å². The highest BCUT2D eigenvalue weighted by Gasteiger charge is 2.08. The Morgan fingerprint density at radius 3 is 1.17 bits per heavy atom. The molecular formula is C8H22N4. The third-order valence-corrected chi connectivity index (χ3v) is 1.46. The van der Waals surface area contributed by atoms with Crippen molar-refractivity contribution in [1.29, 1.82) is 0 Å². The van der Waals surface area contributed by atoms with Crippen molar-refractivity contribution in [2.75, 3.05) is 55.6 Å². The van der Waals surface area contributed by atoms with Crippen LogP contribution in [-0.2, 0) is 0 Å². The molecule has 4 nitrogen and oxygen atoms in total. The van der Waals surface area contributed by atoms with Crippen LogP contribution in [-0.4, -0.2) is 75.4 Å². The molecule has 12 heavy (non-hydrogen) atoms. The van der Waals surface area contributed by atoms with E-state index in [1.54, 1.807) is 0 Å². The van der Waals surface area contributed by atoms with Gasteiger partial charge in [-0.1, -0.05) is 0 Å². The molecular weight excluding hydrogens is 152 g/mol. The summed E-state index contributed by atoms with van der Waals surface area (Å²) in [5, 5.41) is 4.36. The number of hydrogen-bond acceptors (Lipinski definition) is 4. The second-order valence-electron chi connectivity index (χ2n) is 3.80. The van der Waals surface area contributed by atoms with Gasteiger partial charge in [0, 0.05) is 14.1 Å². The number of hydrazine groups is 1. The van der Waals surface area contributed by atoms with Crippen LogP contribution < -0.4 is 0 Å². The average molecular weight is 174 g/mol. The Labute approximate surface area is 76.3 Å². The smallest absolute Gasteiger partial charge is 0.0657 e. The van der Waals surface area contributed by atoms with Gasteiger partial charge in [-0.05, 0) is 28.2 Å². The summed E-state index contributed by atoms with van der Waals surface area (Å²) in [6.07, 6.45) is 0. The fourth-order valence-electron chi connectivity index (χ4n) is 0.951. The first kappa shape index (κ1) is 11.8. The van der Waals surface area contributed by atoms with Crippen molar-refractivity contribution in [2.45, 2.75) is 0 Å². The fourth-order valence-corrected chi connectivity index (χ4v) is 0.951. The molecule has 0 aromatic rings. The van der Waals surface area contributed by atoms with E-state index in [0.29, 0.717) is 0 Å². The van der Waals surface area contributed by atoms with Crippen molar-refractivity contribution in [2.24, 2.45) is 0 Å². The first-order chi connectivity index (χ1) is 5.43. The molecule has 0 aromatic carbocycles. The molecule has 0 rings (SSSR count). The molecule has 0 aliphatic carbocycles. The van der Waals surface area contributed by atoms with Crippen LogP contribution >= 0.6 is 0 Å². The third kappa shape index (κ3) is 5.49. The molecule has 0 N–H and O–H groups in total. The standard InChI is InChI=1S/C8H22N4/c1-9(2)7-12(11(5)6)8-10(3)4/h7-8H2,1-6H3. The largest absolute Gasteiger partial charge is 0.296 e. The van der Waals surface area contributed by atoms with E-state index in [-0.39, 0.29) is 0 Å². The van der Waals surface area contributed by atoms with Crippen molar-refractivity contribution >= 4 is 0 Å². The maximum atomic E-state index is 2.25. The van der Waals surface area contributed by atoms with Gasteiger partial charge in [0.1, 0.15) is 0 Å². The molecule has 0 amide bonds. The summed E-state index contributed by atoms with van der Waals surface area (Å²) < 4.78 is 0. The van der Waals surface area contributed by atoms with Gasteiger partial charge in [-0.25, -0.2) is 10.0 Å². The van der Waals surface area contributed by atoms with Gasteiger partial charge in [-0.3, -0.25) is 9.80 Å². The van der Waals surface area contributed by atoms with Crippen molar-refractivity contribution in [1.82, 2.24) is 19.8 Å². The Kier molecular flexibility index (Phi) is 5.41. The molecule has 4 heteroatoms. The van der Waals surface area contributed by atoms with Gasteiger partial charge < -0.3 is 0 Å². The van der Waals surface area contributed by atoms with Crippen molar-refractivity contribution < 1.29 is 0 Å². The average Bonchev–Trinajstić information content (AvgIpc) is 1.83. The summed E-state index contributed by atoms with van der Waals surface area (Å²) in [6.45, 7) is 1.90. The van der Waals surface area contributed by atoms with Gasteiger partial charge in [-0.2, -0.15) is 0 Å². The third-order valence-electron chi connectivity index (χ3n) is 1.46. The van der Waals surface area contributed by atoms with E-state index >= 15 is 0 Å². The second-order valence-corrected chi connectivity index (χ2v) is 3.80. The summed E-state index contributed by atoms with van der Waals surface area (Å²) in [4.78, 5) is 4.31. The van der Waals surface area contributed by atoms with Crippen molar-refractivity contribution in [3.63, 3.8) is 0 Å². The maximum Gasteiger partial charge on any atom is 0.0657 e. The van der Waals surface area contributed by atoms with Crippen LogP contribution in [0.4, 0.5) is 0 Å². The topological polar surface area (TPSA) is 13.0 Å². The quantitative estimate of drug-likeness (QED) is 0.423. The fraction of sp³-hybridized carbons (Fsp3) is 1.00. The minimum absolute atomic E-state index is 0.950. The Bertz CT molecular complexity index is 102. The first-order valence-corrected chi connectivity index (χ1v) is 4.15. The van der Waals surface area contributed by atoms with Gasteiger partial charge in [-0.15, -0.1) is 0 Å². The highest BCUT2D eigenvalue weighted by Crippen LogP contribution is 1.93. The van der Waals surface area contributed by atoms with Gasteiger partial charge in [0.25, 0.3) is 0 Å².